The molecule has 1 atom stereocenters. The predicted molar refractivity (Wildman–Crippen MR) is 112 cm³/mol. The fraction of sp³-hybridized carbons (Fsp3) is 0.318. The Labute approximate surface area is 174 Å². The number of hydrogen-bond donors (Lipinski definition) is 1. The third-order valence-corrected chi connectivity index (χ3v) is 5.02. The van der Waals surface area contributed by atoms with Crippen molar-refractivity contribution in [3.63, 3.8) is 0 Å². The van der Waals surface area contributed by atoms with E-state index in [1.54, 1.807) is 12.0 Å². The minimum Gasteiger partial charge on any atom is -0.497 e. The molecule has 8 heteroatoms. The Morgan fingerprint density at radius 2 is 2.03 bits per heavy atom. The molecule has 0 aliphatic carbocycles. The number of carbonyl (C=O) groups is 1. The molecule has 1 saturated heterocycles. The molecule has 2 aromatic carbocycles. The number of amides is 2. The van der Waals surface area contributed by atoms with Gasteiger partial charge in [0, 0.05) is 12.1 Å². The van der Waals surface area contributed by atoms with Crippen LogP contribution in [0, 0.1) is 0 Å². The highest BCUT2D eigenvalue weighted by atomic mass is 16.5. The number of nitrogens with zero attached hydrogens (tertiary/aromatic N) is 3. The van der Waals surface area contributed by atoms with Gasteiger partial charge in [-0.05, 0) is 56.2 Å². The molecule has 0 radical (unpaired) electrons. The van der Waals surface area contributed by atoms with Gasteiger partial charge in [-0.2, -0.15) is 4.98 Å². The van der Waals surface area contributed by atoms with Crippen LogP contribution in [0.5, 0.6) is 11.5 Å². The van der Waals surface area contributed by atoms with Crippen LogP contribution in [0.2, 0.25) is 0 Å². The molecular formula is C22H24N4O4. The predicted octanol–water partition coefficient (Wildman–Crippen LogP) is 4.51. The topological polar surface area (TPSA) is 89.7 Å². The molecule has 1 aliphatic rings. The lowest BCUT2D eigenvalue weighted by atomic mass is 10.2. The van der Waals surface area contributed by atoms with Gasteiger partial charge in [0.25, 0.3) is 0 Å². The monoisotopic (exact) mass is 408 g/mol. The fourth-order valence-corrected chi connectivity index (χ4v) is 3.53. The van der Waals surface area contributed by atoms with Crippen molar-refractivity contribution in [2.24, 2.45) is 0 Å². The zero-order valence-corrected chi connectivity index (χ0v) is 17.0. The average Bonchev–Trinajstić information content (AvgIpc) is 3.45. The number of aromatic nitrogens is 2. The number of para-hydroxylation sites is 2. The van der Waals surface area contributed by atoms with Crippen LogP contribution in [0.1, 0.15) is 31.7 Å². The van der Waals surface area contributed by atoms with Crippen LogP contribution in [0.25, 0.3) is 11.4 Å². The maximum Gasteiger partial charge on any atom is 0.322 e. The summed E-state index contributed by atoms with van der Waals surface area (Å²) in [5, 5.41) is 7.04. The zero-order valence-electron chi connectivity index (χ0n) is 17.0. The van der Waals surface area contributed by atoms with E-state index in [0.717, 1.165) is 24.2 Å². The molecule has 0 saturated carbocycles. The largest absolute Gasteiger partial charge is 0.497 e. The van der Waals surface area contributed by atoms with E-state index in [1.807, 2.05) is 55.5 Å². The first-order chi connectivity index (χ1) is 14.7. The maximum atomic E-state index is 13.0. The first-order valence-electron chi connectivity index (χ1n) is 9.97. The first-order valence-corrected chi connectivity index (χ1v) is 9.97. The van der Waals surface area contributed by atoms with E-state index < -0.39 is 0 Å². The zero-order chi connectivity index (χ0) is 20.9. The number of rotatable bonds is 6. The molecule has 1 aliphatic heterocycles. The number of ether oxygens (including phenoxy) is 2. The van der Waals surface area contributed by atoms with Gasteiger partial charge in [0.15, 0.2) is 0 Å². The number of anilines is 1. The molecule has 1 aromatic heterocycles. The molecule has 30 heavy (non-hydrogen) atoms. The summed E-state index contributed by atoms with van der Waals surface area (Å²) in [6, 6.07) is 14.3. The lowest BCUT2D eigenvalue weighted by molar-refractivity contribution is 0.193. The Bertz CT molecular complexity index is 1000. The van der Waals surface area contributed by atoms with E-state index in [0.29, 0.717) is 36.3 Å². The molecule has 0 unspecified atom stereocenters. The van der Waals surface area contributed by atoms with E-state index in [4.69, 9.17) is 14.0 Å². The fourth-order valence-electron chi connectivity index (χ4n) is 3.53. The van der Waals surface area contributed by atoms with Crippen molar-refractivity contribution in [2.75, 3.05) is 25.6 Å². The number of carbonyl (C=O) groups excluding carboxylic acids is 1. The van der Waals surface area contributed by atoms with Gasteiger partial charge in [0.05, 0.1) is 19.4 Å². The van der Waals surface area contributed by atoms with Crippen molar-refractivity contribution in [2.45, 2.75) is 25.8 Å². The minimum absolute atomic E-state index is 0.214. The number of methoxy groups -OCH3 is 1. The lowest BCUT2D eigenvalue weighted by Crippen LogP contribution is -2.34. The molecule has 4 rings (SSSR count). The summed E-state index contributed by atoms with van der Waals surface area (Å²) in [6.07, 6.45) is 1.64. The number of hydrogen-bond acceptors (Lipinski definition) is 6. The summed E-state index contributed by atoms with van der Waals surface area (Å²) >= 11 is 0. The Kier molecular flexibility index (Phi) is 5.83. The van der Waals surface area contributed by atoms with Crippen LogP contribution >= 0.6 is 0 Å². The van der Waals surface area contributed by atoms with Crippen LogP contribution in [0.15, 0.2) is 53.1 Å². The van der Waals surface area contributed by atoms with Crippen molar-refractivity contribution in [3.8, 4) is 22.9 Å². The summed E-state index contributed by atoms with van der Waals surface area (Å²) < 4.78 is 16.3. The summed E-state index contributed by atoms with van der Waals surface area (Å²) in [7, 11) is 1.62. The maximum absolute atomic E-state index is 13.0. The molecule has 3 aromatic rings. The van der Waals surface area contributed by atoms with E-state index >= 15 is 0 Å². The van der Waals surface area contributed by atoms with Gasteiger partial charge >= 0.3 is 6.03 Å². The second kappa shape index (κ2) is 8.86. The summed E-state index contributed by atoms with van der Waals surface area (Å²) in [4.78, 5) is 19.2. The Balaban J connectivity index is 1.50. The molecule has 156 valence electrons. The van der Waals surface area contributed by atoms with Crippen molar-refractivity contribution in [1.29, 1.82) is 0 Å². The molecule has 0 bridgehead atoms. The summed E-state index contributed by atoms with van der Waals surface area (Å²) in [5.41, 5.74) is 1.46. The van der Waals surface area contributed by atoms with Gasteiger partial charge in [-0.1, -0.05) is 17.3 Å². The molecule has 1 N–H and O–H groups in total. The van der Waals surface area contributed by atoms with Crippen LogP contribution in [-0.4, -0.2) is 41.3 Å². The average molecular weight is 408 g/mol. The van der Waals surface area contributed by atoms with Gasteiger partial charge in [-0.25, -0.2) is 4.79 Å². The third kappa shape index (κ3) is 4.07. The normalized spacial score (nSPS) is 15.8. The van der Waals surface area contributed by atoms with Crippen molar-refractivity contribution in [1.82, 2.24) is 15.0 Å². The standard InChI is InChI=1S/C22H24N4O4/c1-3-29-19-9-5-4-7-17(19)23-22(27)26-14-6-8-18(26)21-24-20(25-30-21)15-10-12-16(28-2)13-11-15/h4-5,7,9-13,18H,3,6,8,14H2,1-2H3,(H,23,27)/t18-/m0/s1. The highest BCUT2D eigenvalue weighted by Gasteiger charge is 2.34. The smallest absolute Gasteiger partial charge is 0.322 e. The van der Waals surface area contributed by atoms with E-state index in [-0.39, 0.29) is 12.1 Å². The summed E-state index contributed by atoms with van der Waals surface area (Å²) in [5.74, 6) is 2.32. The van der Waals surface area contributed by atoms with Crippen LogP contribution < -0.4 is 14.8 Å². The second-order valence-electron chi connectivity index (χ2n) is 6.90. The first kappa shape index (κ1) is 19.8. The SMILES string of the molecule is CCOc1ccccc1NC(=O)N1CCC[C@H]1c1nc(-c2ccc(OC)cc2)no1. The number of nitrogens with one attached hydrogen (secondary N) is 1. The third-order valence-electron chi connectivity index (χ3n) is 5.02. The number of likely N-dealkylation sites (tertiary alicyclic amines) is 1. The summed E-state index contributed by atoms with van der Waals surface area (Å²) in [6.45, 7) is 3.05. The van der Waals surface area contributed by atoms with Gasteiger partial charge < -0.3 is 24.2 Å². The quantitative estimate of drug-likeness (QED) is 0.645. The Morgan fingerprint density at radius 1 is 1.23 bits per heavy atom. The minimum atomic E-state index is -0.260. The van der Waals surface area contributed by atoms with Crippen LogP contribution in [0.3, 0.4) is 0 Å². The molecule has 2 amide bonds. The number of benzene rings is 2. The Hall–Kier alpha value is -3.55. The van der Waals surface area contributed by atoms with E-state index in [2.05, 4.69) is 15.5 Å². The van der Waals surface area contributed by atoms with Crippen LogP contribution in [0.4, 0.5) is 10.5 Å². The van der Waals surface area contributed by atoms with Gasteiger partial charge in [-0.15, -0.1) is 0 Å². The molecule has 2 heterocycles. The number of urea groups is 1. The van der Waals surface area contributed by atoms with Crippen molar-refractivity contribution in [3.05, 3.63) is 54.4 Å². The lowest BCUT2D eigenvalue weighted by Gasteiger charge is -2.23. The molecular weight excluding hydrogens is 384 g/mol. The van der Waals surface area contributed by atoms with Crippen molar-refractivity contribution >= 4 is 11.7 Å². The highest BCUT2D eigenvalue weighted by molar-refractivity contribution is 5.91. The van der Waals surface area contributed by atoms with Crippen molar-refractivity contribution < 1.29 is 18.8 Å². The highest BCUT2D eigenvalue weighted by Crippen LogP contribution is 2.33. The van der Waals surface area contributed by atoms with Gasteiger partial charge in [-0.3, -0.25) is 0 Å². The Morgan fingerprint density at radius 3 is 2.80 bits per heavy atom. The van der Waals surface area contributed by atoms with E-state index in [9.17, 15) is 4.79 Å². The van der Waals surface area contributed by atoms with Gasteiger partial charge in [0.2, 0.25) is 11.7 Å². The van der Waals surface area contributed by atoms with Crippen LogP contribution in [-0.2, 0) is 0 Å². The van der Waals surface area contributed by atoms with E-state index in [1.165, 1.54) is 0 Å². The molecule has 1 fully saturated rings. The van der Waals surface area contributed by atoms with Gasteiger partial charge in [0.1, 0.15) is 17.5 Å². The molecule has 0 spiro atoms. The molecule has 8 nitrogen and oxygen atoms in total. The second-order valence-corrected chi connectivity index (χ2v) is 6.90.